The van der Waals surface area contributed by atoms with Crippen LogP contribution in [0.3, 0.4) is 0 Å². The topological polar surface area (TPSA) is 53.4 Å². The van der Waals surface area contributed by atoms with E-state index >= 15 is 0 Å². The number of aryl methyl sites for hydroxylation is 1. The van der Waals surface area contributed by atoms with Gasteiger partial charge >= 0.3 is 0 Å². The lowest BCUT2D eigenvalue weighted by molar-refractivity contribution is 0.354. The van der Waals surface area contributed by atoms with Gasteiger partial charge in [-0.15, -0.1) is 6.58 Å². The third-order valence-electron chi connectivity index (χ3n) is 4.23. The van der Waals surface area contributed by atoms with Gasteiger partial charge < -0.3 is 9.47 Å². The standard InChI is InChI=1S/C21H22N2O3S/c1-4-13-27-21-22-17-8-6-5-7-16(17)20(24)23(21)12-11-15-9-10-18(25-2)19(14-15)26-3/h4-10,14H,1,11-13H2,2-3H3. The average molecular weight is 382 g/mol. The second-order valence-corrected chi connectivity index (χ2v) is 6.89. The average Bonchev–Trinajstić information content (AvgIpc) is 2.71. The largest absolute Gasteiger partial charge is 0.493 e. The number of hydrogen-bond acceptors (Lipinski definition) is 5. The van der Waals surface area contributed by atoms with Crippen LogP contribution in [0.15, 0.2) is 65.1 Å². The fraction of sp³-hybridized carbons (Fsp3) is 0.238. The first-order valence-electron chi connectivity index (χ1n) is 8.62. The summed E-state index contributed by atoms with van der Waals surface area (Å²) in [6.07, 6.45) is 2.49. The summed E-state index contributed by atoms with van der Waals surface area (Å²) in [7, 11) is 3.23. The van der Waals surface area contributed by atoms with Crippen LogP contribution in [-0.4, -0.2) is 29.5 Å². The summed E-state index contributed by atoms with van der Waals surface area (Å²) in [6.45, 7) is 4.29. The summed E-state index contributed by atoms with van der Waals surface area (Å²) in [6, 6.07) is 13.2. The highest BCUT2D eigenvalue weighted by Crippen LogP contribution is 2.28. The Labute approximate surface area is 162 Å². The molecule has 0 N–H and O–H groups in total. The molecule has 3 aromatic rings. The van der Waals surface area contributed by atoms with Crippen molar-refractivity contribution < 1.29 is 9.47 Å². The zero-order chi connectivity index (χ0) is 19.2. The van der Waals surface area contributed by atoms with Crippen molar-refractivity contribution in [2.75, 3.05) is 20.0 Å². The number of benzene rings is 2. The van der Waals surface area contributed by atoms with E-state index in [0.717, 1.165) is 11.1 Å². The molecule has 1 aromatic heterocycles. The molecule has 140 valence electrons. The first-order valence-corrected chi connectivity index (χ1v) is 9.60. The van der Waals surface area contributed by atoms with E-state index in [1.54, 1.807) is 18.8 Å². The lowest BCUT2D eigenvalue weighted by Crippen LogP contribution is -2.24. The molecule has 0 amide bonds. The summed E-state index contributed by atoms with van der Waals surface area (Å²) in [4.78, 5) is 17.7. The van der Waals surface area contributed by atoms with Crippen molar-refractivity contribution in [1.82, 2.24) is 9.55 Å². The third-order valence-corrected chi connectivity index (χ3v) is 5.20. The van der Waals surface area contributed by atoms with Gasteiger partial charge in [-0.25, -0.2) is 4.98 Å². The molecule has 0 aliphatic carbocycles. The zero-order valence-electron chi connectivity index (χ0n) is 15.5. The van der Waals surface area contributed by atoms with E-state index in [1.165, 1.54) is 11.8 Å². The molecule has 0 atom stereocenters. The first-order chi connectivity index (χ1) is 13.2. The van der Waals surface area contributed by atoms with Crippen LogP contribution in [-0.2, 0) is 13.0 Å². The van der Waals surface area contributed by atoms with Gasteiger partial charge in [-0.1, -0.05) is 36.0 Å². The maximum Gasteiger partial charge on any atom is 0.262 e. The number of ether oxygens (including phenoxy) is 2. The van der Waals surface area contributed by atoms with Gasteiger partial charge in [0.2, 0.25) is 0 Å². The normalized spacial score (nSPS) is 10.7. The Kier molecular flexibility index (Phi) is 6.19. The molecule has 0 spiro atoms. The number of fused-ring (bicyclic) bond motifs is 1. The molecule has 5 nitrogen and oxygen atoms in total. The third kappa shape index (κ3) is 4.17. The molecule has 2 aromatic carbocycles. The highest BCUT2D eigenvalue weighted by atomic mass is 32.2. The maximum atomic E-state index is 13.0. The van der Waals surface area contributed by atoms with Gasteiger partial charge in [0.25, 0.3) is 5.56 Å². The second-order valence-electron chi connectivity index (χ2n) is 5.91. The lowest BCUT2D eigenvalue weighted by Gasteiger charge is -2.14. The highest BCUT2D eigenvalue weighted by molar-refractivity contribution is 7.99. The summed E-state index contributed by atoms with van der Waals surface area (Å²) >= 11 is 1.51. The summed E-state index contributed by atoms with van der Waals surface area (Å²) in [5.41, 5.74) is 1.76. The second kappa shape index (κ2) is 8.77. The Morgan fingerprint density at radius 3 is 2.67 bits per heavy atom. The van der Waals surface area contributed by atoms with E-state index in [1.807, 2.05) is 48.5 Å². The molecule has 0 aliphatic heterocycles. The number of nitrogens with zero attached hydrogens (tertiary/aromatic N) is 2. The Hall–Kier alpha value is -2.73. The molecular weight excluding hydrogens is 360 g/mol. The van der Waals surface area contributed by atoms with E-state index in [-0.39, 0.29) is 5.56 Å². The number of aromatic nitrogens is 2. The van der Waals surface area contributed by atoms with Crippen LogP contribution in [0.4, 0.5) is 0 Å². The fourth-order valence-corrected chi connectivity index (χ4v) is 3.63. The summed E-state index contributed by atoms with van der Waals surface area (Å²) in [5.74, 6) is 2.06. The molecule has 27 heavy (non-hydrogen) atoms. The molecular formula is C21H22N2O3S. The van der Waals surface area contributed by atoms with E-state index in [0.29, 0.717) is 40.8 Å². The van der Waals surface area contributed by atoms with Crippen molar-refractivity contribution in [1.29, 1.82) is 0 Å². The van der Waals surface area contributed by atoms with Gasteiger partial charge in [-0.05, 0) is 36.2 Å². The molecule has 0 radical (unpaired) electrons. The molecule has 0 aliphatic rings. The molecule has 3 rings (SSSR count). The lowest BCUT2D eigenvalue weighted by atomic mass is 10.1. The summed E-state index contributed by atoms with van der Waals surface area (Å²) < 4.78 is 12.4. The van der Waals surface area contributed by atoms with Crippen molar-refractivity contribution >= 4 is 22.7 Å². The Balaban J connectivity index is 1.94. The number of para-hydroxylation sites is 1. The van der Waals surface area contributed by atoms with Gasteiger partial charge in [0.15, 0.2) is 16.7 Å². The Morgan fingerprint density at radius 2 is 1.93 bits per heavy atom. The van der Waals surface area contributed by atoms with Gasteiger partial charge in [-0.3, -0.25) is 9.36 Å². The Bertz CT molecular complexity index is 1010. The van der Waals surface area contributed by atoms with Crippen LogP contribution in [0.5, 0.6) is 11.5 Å². The number of rotatable bonds is 8. The first kappa shape index (κ1) is 19.0. The van der Waals surface area contributed by atoms with Crippen molar-refractivity contribution in [3.8, 4) is 11.5 Å². The molecule has 0 unspecified atom stereocenters. The summed E-state index contributed by atoms with van der Waals surface area (Å²) in [5, 5.41) is 1.34. The van der Waals surface area contributed by atoms with Crippen molar-refractivity contribution in [3.63, 3.8) is 0 Å². The van der Waals surface area contributed by atoms with Crippen molar-refractivity contribution in [3.05, 3.63) is 71.0 Å². The van der Waals surface area contributed by atoms with Gasteiger partial charge in [-0.2, -0.15) is 0 Å². The van der Waals surface area contributed by atoms with Crippen molar-refractivity contribution in [2.45, 2.75) is 18.1 Å². The highest BCUT2D eigenvalue weighted by Gasteiger charge is 2.12. The smallest absolute Gasteiger partial charge is 0.262 e. The predicted molar refractivity (Wildman–Crippen MR) is 110 cm³/mol. The molecule has 6 heteroatoms. The minimum absolute atomic E-state index is 0.0207. The van der Waals surface area contributed by atoms with E-state index in [4.69, 9.17) is 9.47 Å². The molecule has 0 fully saturated rings. The maximum absolute atomic E-state index is 13.0. The number of thioether (sulfide) groups is 1. The fourth-order valence-electron chi connectivity index (χ4n) is 2.87. The quantitative estimate of drug-likeness (QED) is 0.336. The van der Waals surface area contributed by atoms with Crippen molar-refractivity contribution in [2.24, 2.45) is 0 Å². The van der Waals surface area contributed by atoms with Crippen LogP contribution in [0.2, 0.25) is 0 Å². The van der Waals surface area contributed by atoms with E-state index in [9.17, 15) is 4.79 Å². The van der Waals surface area contributed by atoms with E-state index < -0.39 is 0 Å². The van der Waals surface area contributed by atoms with Crippen LogP contribution in [0.25, 0.3) is 10.9 Å². The van der Waals surface area contributed by atoms with Gasteiger partial charge in [0.1, 0.15) is 0 Å². The SMILES string of the molecule is C=CCSc1nc2ccccc2c(=O)n1CCc1ccc(OC)c(OC)c1. The predicted octanol–water partition coefficient (Wildman–Crippen LogP) is 3.93. The minimum atomic E-state index is -0.0207. The van der Waals surface area contributed by atoms with Crippen LogP contribution < -0.4 is 15.0 Å². The molecule has 0 saturated carbocycles. The van der Waals surface area contributed by atoms with E-state index in [2.05, 4.69) is 11.6 Å². The number of hydrogen-bond donors (Lipinski definition) is 0. The van der Waals surface area contributed by atoms with Gasteiger partial charge in [0.05, 0.1) is 25.1 Å². The van der Waals surface area contributed by atoms with Gasteiger partial charge in [0, 0.05) is 12.3 Å². The number of methoxy groups -OCH3 is 2. The van der Waals surface area contributed by atoms with Crippen LogP contribution >= 0.6 is 11.8 Å². The minimum Gasteiger partial charge on any atom is -0.493 e. The van der Waals surface area contributed by atoms with Crippen LogP contribution in [0.1, 0.15) is 5.56 Å². The van der Waals surface area contributed by atoms with Crippen LogP contribution in [0, 0.1) is 0 Å². The molecule has 1 heterocycles. The monoisotopic (exact) mass is 382 g/mol. The molecule has 0 saturated heterocycles. The Morgan fingerprint density at radius 1 is 1.15 bits per heavy atom. The zero-order valence-corrected chi connectivity index (χ0v) is 16.3. The molecule has 0 bridgehead atoms.